The Kier molecular flexibility index (Phi) is 8.18. The normalized spacial score (nSPS) is 12.8. The minimum Gasteiger partial charge on any atom is -0.504 e. The molecule has 288 valence electrons. The third kappa shape index (κ3) is 5.33. The van der Waals surface area contributed by atoms with Crippen LogP contribution in [0.4, 0.5) is 0 Å². The van der Waals surface area contributed by atoms with Crippen molar-refractivity contribution in [1.29, 1.82) is 0 Å². The Morgan fingerprint density at radius 1 is 0.633 bits per heavy atom. The molecule has 8 aromatic carbocycles. The zero-order chi connectivity index (χ0) is 39.6. The Bertz CT molecular complexity index is 3400. The molecule has 0 unspecified atom stereocenters. The van der Waals surface area contributed by atoms with Crippen LogP contribution < -0.4 is 25.9 Å². The third-order valence-electron chi connectivity index (χ3n) is 12.1. The molecule has 0 saturated carbocycles. The Labute approximate surface area is 362 Å². The van der Waals surface area contributed by atoms with Gasteiger partial charge in [0.1, 0.15) is 22.9 Å². The van der Waals surface area contributed by atoms with Crippen LogP contribution in [0.15, 0.2) is 152 Å². The molecular weight excluding hydrogens is 918 g/mol. The van der Waals surface area contributed by atoms with Crippen molar-refractivity contribution >= 4 is 61.5 Å². The molecule has 0 fully saturated rings. The van der Waals surface area contributed by atoms with Crippen molar-refractivity contribution in [2.24, 2.45) is 0 Å². The van der Waals surface area contributed by atoms with E-state index in [2.05, 4.69) is 134 Å². The first-order chi connectivity index (χ1) is 28.8. The van der Waals surface area contributed by atoms with Gasteiger partial charge in [-0.25, -0.2) is 10.5 Å². The van der Waals surface area contributed by atoms with Gasteiger partial charge in [-0.3, -0.25) is 4.40 Å². The number of phenolic OH excluding ortho intramolecular Hbond substituents is 1. The van der Waals surface area contributed by atoms with Crippen molar-refractivity contribution in [1.82, 2.24) is 9.38 Å². The second-order valence-corrected chi connectivity index (χ2v) is 16.6. The summed E-state index contributed by atoms with van der Waals surface area (Å²) in [5.74, 6) is 2.63. The summed E-state index contributed by atoms with van der Waals surface area (Å²) in [6.07, 6.45) is 0. The van der Waals surface area contributed by atoms with Crippen molar-refractivity contribution in [3.63, 3.8) is 0 Å². The number of aromatic hydroxyl groups is 1. The van der Waals surface area contributed by atoms with E-state index in [9.17, 15) is 5.11 Å². The molecule has 0 bridgehead atoms. The van der Waals surface area contributed by atoms with Crippen LogP contribution >= 0.6 is 0 Å². The molecular formula is C53H35BN2O3Pt. The predicted octanol–water partition coefficient (Wildman–Crippen LogP) is 11.1. The van der Waals surface area contributed by atoms with Gasteiger partial charge in [0.25, 0.3) is 6.71 Å². The maximum atomic E-state index is 12.6. The van der Waals surface area contributed by atoms with Gasteiger partial charge in [-0.15, -0.1) is 28.8 Å². The summed E-state index contributed by atoms with van der Waals surface area (Å²) < 4.78 is 15.8. The molecule has 0 radical (unpaired) electrons. The van der Waals surface area contributed by atoms with Gasteiger partial charge in [0.05, 0.1) is 21.9 Å². The quantitative estimate of drug-likeness (QED) is 0.109. The maximum Gasteiger partial charge on any atom is 2.00 e. The van der Waals surface area contributed by atoms with Crippen LogP contribution in [0.3, 0.4) is 0 Å². The number of hydrogen-bond acceptors (Lipinski definition) is 4. The second-order valence-electron chi connectivity index (χ2n) is 16.6. The molecule has 2 aromatic heterocycles. The Hall–Kier alpha value is -6.62. The number of hydrogen-bond donors (Lipinski definition) is 1. The number of imidazole rings is 1. The third-order valence-corrected chi connectivity index (χ3v) is 12.1. The molecule has 12 rings (SSSR count). The van der Waals surface area contributed by atoms with E-state index in [0.29, 0.717) is 28.3 Å². The Morgan fingerprint density at radius 2 is 1.30 bits per heavy atom. The fourth-order valence-corrected chi connectivity index (χ4v) is 9.31. The van der Waals surface area contributed by atoms with Crippen molar-refractivity contribution < 1.29 is 35.6 Å². The van der Waals surface area contributed by atoms with Crippen LogP contribution in [0, 0.1) is 12.1 Å². The van der Waals surface area contributed by atoms with Crippen molar-refractivity contribution in [3.05, 3.63) is 169 Å². The summed E-state index contributed by atoms with van der Waals surface area (Å²) in [4.78, 5) is 5.49. The number of ether oxygens (including phenoxy) is 2. The maximum absolute atomic E-state index is 12.6. The molecule has 0 spiro atoms. The Morgan fingerprint density at radius 3 is 2.07 bits per heavy atom. The predicted molar refractivity (Wildman–Crippen MR) is 240 cm³/mol. The van der Waals surface area contributed by atoms with E-state index in [-0.39, 0.29) is 38.9 Å². The average Bonchev–Trinajstić information content (AvgIpc) is 3.67. The second kappa shape index (κ2) is 13.5. The van der Waals surface area contributed by atoms with Crippen LogP contribution in [0.1, 0.15) is 26.3 Å². The molecule has 5 nitrogen and oxygen atoms in total. The summed E-state index contributed by atoms with van der Waals surface area (Å²) in [5.41, 5.74) is 13.4. The van der Waals surface area contributed by atoms with Crippen LogP contribution in [0.5, 0.6) is 28.7 Å². The fourth-order valence-electron chi connectivity index (χ4n) is 9.31. The number of fused-ring (bicyclic) bond motifs is 13. The number of pyridine rings is 1. The smallest absolute Gasteiger partial charge is 0.504 e. The molecule has 4 heterocycles. The number of benzene rings is 8. The van der Waals surface area contributed by atoms with Crippen LogP contribution in [0.2, 0.25) is 0 Å². The first-order valence-electron chi connectivity index (χ1n) is 20.1. The van der Waals surface area contributed by atoms with Gasteiger partial charge >= 0.3 is 21.1 Å². The summed E-state index contributed by atoms with van der Waals surface area (Å²) in [5, 5.41) is 15.0. The Balaban J connectivity index is 0.00000408. The zero-order valence-electron chi connectivity index (χ0n) is 33.0. The van der Waals surface area contributed by atoms with E-state index in [4.69, 9.17) is 14.5 Å². The van der Waals surface area contributed by atoms with Gasteiger partial charge in [-0.1, -0.05) is 123 Å². The molecule has 7 heteroatoms. The molecule has 0 atom stereocenters. The molecule has 2 aliphatic heterocycles. The summed E-state index contributed by atoms with van der Waals surface area (Å²) in [6.45, 7) is 6.54. The van der Waals surface area contributed by atoms with Crippen molar-refractivity contribution in [2.75, 3.05) is 0 Å². The number of rotatable bonds is 3. The van der Waals surface area contributed by atoms with Crippen molar-refractivity contribution in [2.45, 2.75) is 26.2 Å². The van der Waals surface area contributed by atoms with E-state index in [1.165, 1.54) is 5.56 Å². The monoisotopic (exact) mass is 953 g/mol. The first-order valence-corrected chi connectivity index (χ1v) is 20.1. The van der Waals surface area contributed by atoms with Crippen LogP contribution in [-0.2, 0) is 26.5 Å². The summed E-state index contributed by atoms with van der Waals surface area (Å²) >= 11 is 0. The molecule has 1 N–H and O–H groups in total. The van der Waals surface area contributed by atoms with Gasteiger partial charge < -0.3 is 14.6 Å². The topological polar surface area (TPSA) is 56.0 Å². The minimum absolute atomic E-state index is 0. The zero-order valence-corrected chi connectivity index (χ0v) is 35.3. The van der Waals surface area contributed by atoms with E-state index in [1.54, 1.807) is 0 Å². The minimum atomic E-state index is -0.184. The molecule has 2 aliphatic rings. The van der Waals surface area contributed by atoms with E-state index in [1.807, 2.05) is 54.6 Å². The fraction of sp³-hybridized carbons (Fsp3) is 0.0755. The van der Waals surface area contributed by atoms with Gasteiger partial charge in [-0.05, 0) is 46.2 Å². The van der Waals surface area contributed by atoms with Gasteiger partial charge in [0.15, 0.2) is 11.5 Å². The van der Waals surface area contributed by atoms with E-state index in [0.717, 1.165) is 82.8 Å². The average molecular weight is 954 g/mol. The number of para-hydroxylation sites is 4. The molecule has 0 saturated heterocycles. The van der Waals surface area contributed by atoms with Crippen LogP contribution in [-0.4, -0.2) is 21.2 Å². The first kappa shape index (κ1) is 36.5. The van der Waals surface area contributed by atoms with Gasteiger partial charge in [0, 0.05) is 16.2 Å². The van der Waals surface area contributed by atoms with Gasteiger partial charge in [0.2, 0.25) is 0 Å². The van der Waals surface area contributed by atoms with Crippen molar-refractivity contribution in [3.8, 4) is 62.1 Å². The number of aromatic nitrogens is 2. The SMILES string of the molecule is CC(C)(C)c1cc(-c2[c-]ccc(-c3ccccc3)c2)[c-]c(-c2cccc3c2nc2c4c(O)c5c6c(c4c4ccccc4n32)Oc2ccccc2B6c2ccccc2O5)c1.[Pt+2]. The summed E-state index contributed by atoms with van der Waals surface area (Å²) in [6, 6.07) is 59.5. The van der Waals surface area contributed by atoms with Gasteiger partial charge in [-0.2, -0.15) is 35.9 Å². The molecule has 10 aromatic rings. The molecule has 0 amide bonds. The van der Waals surface area contributed by atoms with E-state index < -0.39 is 0 Å². The molecule has 60 heavy (non-hydrogen) atoms. The van der Waals surface area contributed by atoms with Crippen LogP contribution in [0.25, 0.3) is 71.7 Å². The number of nitrogens with zero attached hydrogens (tertiary/aromatic N) is 2. The molecule has 0 aliphatic carbocycles. The number of phenols is 1. The van der Waals surface area contributed by atoms with E-state index >= 15 is 0 Å². The largest absolute Gasteiger partial charge is 2.00 e. The summed E-state index contributed by atoms with van der Waals surface area (Å²) in [7, 11) is 0. The standard InChI is InChI=1S/C53H35BN2O3.Pt/c1-53(2,3)36-29-34(33-18-13-17-32(27-33)31-15-5-4-6-16-31)28-35(30-36)37-20-14-24-42-48(37)55-52-46-45(38-19-7-10-23-41(38)56(42)52)50-47-51(49(46)57)59-44-26-12-9-22-40(44)54(47)39-21-8-11-25-43(39)58-50;/h4-17,19-27,29-30,57H,1-3H3;/q-2;+2.